The minimum absolute atomic E-state index is 0.115. The fourth-order valence-corrected chi connectivity index (χ4v) is 3.00. The number of halogens is 3. The molecule has 0 atom stereocenters. The molecule has 0 aliphatic carbocycles. The molecule has 0 spiro atoms. The number of benzene rings is 1. The van der Waals surface area contributed by atoms with Gasteiger partial charge in [-0.05, 0) is 42.1 Å². The molecule has 134 valence electrons. The minimum atomic E-state index is -1.73. The maximum absolute atomic E-state index is 13.6. The van der Waals surface area contributed by atoms with Gasteiger partial charge >= 0.3 is 0 Å². The third-order valence-electron chi connectivity index (χ3n) is 3.39. The van der Waals surface area contributed by atoms with E-state index in [2.05, 4.69) is 4.98 Å². The smallest absolute Gasteiger partial charge is 0.294 e. The van der Waals surface area contributed by atoms with Crippen LogP contribution in [0.15, 0.2) is 35.4 Å². The first-order chi connectivity index (χ1) is 12.4. The van der Waals surface area contributed by atoms with E-state index in [1.54, 1.807) is 18.3 Å². The van der Waals surface area contributed by atoms with Crippen LogP contribution in [0, 0.1) is 17.5 Å². The number of amides is 3. The van der Waals surface area contributed by atoms with Crippen molar-refractivity contribution in [2.75, 3.05) is 11.9 Å². The van der Waals surface area contributed by atoms with Gasteiger partial charge in [0.05, 0.1) is 10.6 Å². The normalized spacial score (nSPS) is 15.8. The zero-order chi connectivity index (χ0) is 18.8. The Labute approximate surface area is 149 Å². The lowest BCUT2D eigenvalue weighted by Crippen LogP contribution is -2.36. The van der Waals surface area contributed by atoms with Crippen LogP contribution in [0.1, 0.15) is 5.69 Å². The monoisotopic (exact) mass is 381 g/mol. The molecular weight excluding hydrogens is 371 g/mol. The van der Waals surface area contributed by atoms with Crippen molar-refractivity contribution in [3.63, 3.8) is 0 Å². The van der Waals surface area contributed by atoms with Gasteiger partial charge in [0, 0.05) is 11.9 Å². The van der Waals surface area contributed by atoms with E-state index < -0.39 is 46.7 Å². The van der Waals surface area contributed by atoms with E-state index in [0.29, 0.717) is 28.4 Å². The van der Waals surface area contributed by atoms with Gasteiger partial charge in [-0.2, -0.15) is 0 Å². The van der Waals surface area contributed by atoms with E-state index in [1.165, 1.54) is 6.08 Å². The number of nitrogens with zero attached hydrogens (tertiary/aromatic N) is 1. The van der Waals surface area contributed by atoms with Gasteiger partial charge in [0.25, 0.3) is 11.1 Å². The summed E-state index contributed by atoms with van der Waals surface area (Å²) in [5.74, 6) is -6.32. The predicted octanol–water partition coefficient (Wildman–Crippen LogP) is 3.11. The van der Waals surface area contributed by atoms with Crippen molar-refractivity contribution in [1.82, 2.24) is 9.88 Å². The summed E-state index contributed by atoms with van der Waals surface area (Å²) in [4.78, 5) is 39.8. The molecule has 3 amide bonds. The maximum Gasteiger partial charge on any atom is 0.294 e. The lowest BCUT2D eigenvalue weighted by atomic mass is 10.2. The first kappa shape index (κ1) is 17.8. The lowest BCUT2D eigenvalue weighted by molar-refractivity contribution is -0.127. The Morgan fingerprint density at radius 3 is 2.65 bits per heavy atom. The zero-order valence-electron chi connectivity index (χ0n) is 12.9. The fraction of sp³-hybridized carbons (Fsp3) is 0.0625. The van der Waals surface area contributed by atoms with Crippen LogP contribution in [0.25, 0.3) is 6.08 Å². The average Bonchev–Trinajstić information content (AvgIpc) is 3.20. The Morgan fingerprint density at radius 1 is 1.19 bits per heavy atom. The summed E-state index contributed by atoms with van der Waals surface area (Å²) >= 11 is 0.651. The second-order valence-corrected chi connectivity index (χ2v) is 6.16. The van der Waals surface area contributed by atoms with E-state index in [0.717, 1.165) is 6.07 Å². The Kier molecular flexibility index (Phi) is 4.85. The largest absolute Gasteiger partial charge is 0.362 e. The van der Waals surface area contributed by atoms with Gasteiger partial charge in [-0.15, -0.1) is 0 Å². The number of rotatable bonds is 4. The quantitative estimate of drug-likeness (QED) is 0.630. The molecule has 6 nitrogen and oxygen atoms in total. The number of carbonyl (C=O) groups is 3. The van der Waals surface area contributed by atoms with Gasteiger partial charge in [-0.25, -0.2) is 13.2 Å². The number of aromatic amines is 1. The predicted molar refractivity (Wildman–Crippen MR) is 88.4 cm³/mol. The molecular formula is C16H10F3N3O3S. The number of H-pyrrole nitrogens is 1. The highest BCUT2D eigenvalue weighted by atomic mass is 32.2. The van der Waals surface area contributed by atoms with E-state index in [-0.39, 0.29) is 4.91 Å². The number of anilines is 1. The summed E-state index contributed by atoms with van der Waals surface area (Å²) in [5.41, 5.74) is 0.00612. The van der Waals surface area contributed by atoms with E-state index in [4.69, 9.17) is 0 Å². The van der Waals surface area contributed by atoms with Crippen molar-refractivity contribution in [2.24, 2.45) is 0 Å². The van der Waals surface area contributed by atoms with Crippen LogP contribution in [-0.2, 0) is 9.59 Å². The van der Waals surface area contributed by atoms with Crippen LogP contribution >= 0.6 is 11.8 Å². The molecule has 0 unspecified atom stereocenters. The molecule has 0 saturated carbocycles. The Morgan fingerprint density at radius 2 is 1.96 bits per heavy atom. The van der Waals surface area contributed by atoms with Gasteiger partial charge in [-0.3, -0.25) is 19.3 Å². The number of nitrogens with one attached hydrogen (secondary N) is 2. The van der Waals surface area contributed by atoms with Crippen molar-refractivity contribution in [1.29, 1.82) is 0 Å². The SMILES string of the molecule is O=C(CN1C(=O)S/C(=C/c2ccc[nH]2)C1=O)Nc1ccc(F)c(F)c1F. The van der Waals surface area contributed by atoms with E-state index in [1.807, 2.05) is 5.32 Å². The van der Waals surface area contributed by atoms with Crippen LogP contribution in [0.5, 0.6) is 0 Å². The summed E-state index contributed by atoms with van der Waals surface area (Å²) < 4.78 is 39.6. The van der Waals surface area contributed by atoms with Gasteiger partial charge in [0.2, 0.25) is 5.91 Å². The van der Waals surface area contributed by atoms with E-state index >= 15 is 0 Å². The molecule has 0 bridgehead atoms. The summed E-state index contributed by atoms with van der Waals surface area (Å²) in [6.07, 6.45) is 3.09. The van der Waals surface area contributed by atoms with Crippen LogP contribution in [-0.4, -0.2) is 33.5 Å². The van der Waals surface area contributed by atoms with Crippen LogP contribution in [0.2, 0.25) is 0 Å². The summed E-state index contributed by atoms with van der Waals surface area (Å²) in [6.45, 7) is -0.689. The molecule has 1 fully saturated rings. The van der Waals surface area contributed by atoms with Crippen molar-refractivity contribution in [2.45, 2.75) is 0 Å². The summed E-state index contributed by atoms with van der Waals surface area (Å²) in [7, 11) is 0. The van der Waals surface area contributed by atoms with Crippen molar-refractivity contribution in [3.8, 4) is 0 Å². The highest BCUT2D eigenvalue weighted by Crippen LogP contribution is 2.31. The first-order valence-corrected chi connectivity index (χ1v) is 8.00. The summed E-state index contributed by atoms with van der Waals surface area (Å²) in [6, 6.07) is 4.88. The van der Waals surface area contributed by atoms with Gasteiger partial charge in [0.1, 0.15) is 6.54 Å². The zero-order valence-corrected chi connectivity index (χ0v) is 13.7. The average molecular weight is 381 g/mol. The highest BCUT2D eigenvalue weighted by molar-refractivity contribution is 8.18. The molecule has 0 radical (unpaired) electrons. The molecule has 10 heteroatoms. The van der Waals surface area contributed by atoms with Gasteiger partial charge in [0.15, 0.2) is 17.5 Å². The number of carbonyl (C=O) groups excluding carboxylic acids is 3. The van der Waals surface area contributed by atoms with Gasteiger partial charge in [-0.1, -0.05) is 0 Å². The molecule has 2 aromatic rings. The highest BCUT2D eigenvalue weighted by Gasteiger charge is 2.36. The minimum Gasteiger partial charge on any atom is -0.362 e. The number of aromatic nitrogens is 1. The maximum atomic E-state index is 13.6. The topological polar surface area (TPSA) is 82.3 Å². The molecule has 26 heavy (non-hydrogen) atoms. The van der Waals surface area contributed by atoms with E-state index in [9.17, 15) is 27.6 Å². The number of thioether (sulfide) groups is 1. The molecule has 3 rings (SSSR count). The van der Waals surface area contributed by atoms with Crippen LogP contribution < -0.4 is 5.32 Å². The molecule has 1 aliphatic heterocycles. The third-order valence-corrected chi connectivity index (χ3v) is 4.30. The van der Waals surface area contributed by atoms with Crippen LogP contribution in [0.3, 0.4) is 0 Å². The lowest BCUT2D eigenvalue weighted by Gasteiger charge is -2.13. The molecule has 1 aromatic carbocycles. The molecule has 1 aliphatic rings. The number of imide groups is 1. The number of hydrogen-bond acceptors (Lipinski definition) is 4. The Hall–Kier alpha value is -3.01. The Balaban J connectivity index is 1.71. The fourth-order valence-electron chi connectivity index (χ4n) is 2.17. The molecule has 2 heterocycles. The molecule has 1 saturated heterocycles. The van der Waals surface area contributed by atoms with Gasteiger partial charge < -0.3 is 10.3 Å². The number of hydrogen-bond donors (Lipinski definition) is 2. The van der Waals surface area contributed by atoms with Crippen molar-refractivity contribution >= 4 is 40.6 Å². The summed E-state index contributed by atoms with van der Waals surface area (Å²) in [5, 5.41) is 1.33. The van der Waals surface area contributed by atoms with Crippen LogP contribution in [0.4, 0.5) is 23.7 Å². The second kappa shape index (κ2) is 7.08. The second-order valence-electron chi connectivity index (χ2n) is 5.16. The standard InChI is InChI=1S/C16H10F3N3O3S/c17-9-3-4-10(14(19)13(9)18)21-12(23)7-22-15(24)11(26-16(22)25)6-8-2-1-5-20-8/h1-6,20H,7H2,(H,21,23)/b11-6+. The molecule has 1 aromatic heterocycles. The van der Waals surface area contributed by atoms with Crippen molar-refractivity contribution in [3.05, 3.63) is 58.5 Å². The Bertz CT molecular complexity index is 928. The first-order valence-electron chi connectivity index (χ1n) is 7.19. The van der Waals surface area contributed by atoms with Crippen molar-refractivity contribution < 1.29 is 27.6 Å². The molecule has 2 N–H and O–H groups in total. The third kappa shape index (κ3) is 3.49.